The van der Waals surface area contributed by atoms with Gasteiger partial charge < -0.3 is 22.4 Å². The van der Waals surface area contributed by atoms with Crippen molar-refractivity contribution in [1.82, 2.24) is 0 Å². The quantitative estimate of drug-likeness (QED) is 0.210. The molecule has 1 aromatic rings. The minimum atomic E-state index is -2.29. The summed E-state index contributed by atoms with van der Waals surface area (Å²) in [5.74, 6) is 0. The summed E-state index contributed by atoms with van der Waals surface area (Å²) in [6.45, 7) is 49.1. The fourth-order valence-electron chi connectivity index (χ4n) is 4.32. The fourth-order valence-corrected chi connectivity index (χ4v) is 10.4. The van der Waals surface area contributed by atoms with Crippen LogP contribution >= 0.6 is 11.8 Å². The second-order valence-electron chi connectivity index (χ2n) is 20.1. The molecule has 5 nitrogen and oxygen atoms in total. The van der Waals surface area contributed by atoms with Gasteiger partial charge >= 0.3 is 0 Å². The van der Waals surface area contributed by atoms with Crippen LogP contribution in [0.15, 0.2) is 29.2 Å². The smallest absolute Gasteiger partial charge is 0.192 e. The Morgan fingerprint density at radius 1 is 0.553 bits per heavy atom. The topological polar surface area (TPSA) is 46.2 Å². The Bertz CT molecular complexity index is 1160. The van der Waals surface area contributed by atoms with Crippen molar-refractivity contribution in [2.45, 2.75) is 197 Å². The highest BCUT2D eigenvalue weighted by Crippen LogP contribution is 2.48. The third-order valence-corrected chi connectivity index (χ3v) is 31.1. The van der Waals surface area contributed by atoms with E-state index in [9.17, 15) is 0 Å². The molecule has 0 unspecified atom stereocenters. The summed E-state index contributed by atoms with van der Waals surface area (Å²) >= 11 is 1.76. The van der Waals surface area contributed by atoms with Crippen molar-refractivity contribution < 1.29 is 22.4 Å². The molecule has 0 radical (unpaired) electrons. The van der Waals surface area contributed by atoms with E-state index in [0.29, 0.717) is 6.61 Å². The average Bonchev–Trinajstić information content (AvgIpc) is 2.84. The molecule has 0 saturated carbocycles. The summed E-state index contributed by atoms with van der Waals surface area (Å²) < 4.78 is 36.9. The van der Waals surface area contributed by atoms with E-state index in [-0.39, 0.29) is 50.0 Å². The van der Waals surface area contributed by atoms with E-state index in [1.165, 1.54) is 10.5 Å². The maximum atomic E-state index is 7.60. The molecular formula is C37H74O5SSi4. The van der Waals surface area contributed by atoms with Crippen LogP contribution in [0.4, 0.5) is 0 Å². The molecule has 0 bridgehead atoms. The van der Waals surface area contributed by atoms with Crippen molar-refractivity contribution >= 4 is 45.0 Å². The summed E-state index contributed by atoms with van der Waals surface area (Å²) in [6, 6.07) is 8.77. The monoisotopic (exact) mass is 742 g/mol. The molecule has 274 valence electrons. The second-order valence-corrected chi connectivity index (χ2v) is 40.3. The molecule has 1 aromatic carbocycles. The molecule has 47 heavy (non-hydrogen) atoms. The molecule has 0 spiro atoms. The molecule has 0 aromatic heterocycles. The molecule has 10 heteroatoms. The Morgan fingerprint density at radius 2 is 0.915 bits per heavy atom. The summed E-state index contributed by atoms with van der Waals surface area (Å²) in [4.78, 5) is 1.17. The van der Waals surface area contributed by atoms with Gasteiger partial charge in [0, 0.05) is 4.90 Å². The molecule has 1 heterocycles. The van der Waals surface area contributed by atoms with E-state index in [1.807, 2.05) is 0 Å². The summed E-state index contributed by atoms with van der Waals surface area (Å²) in [5, 5.41) is 0.133. The highest BCUT2D eigenvalue weighted by molar-refractivity contribution is 7.99. The van der Waals surface area contributed by atoms with E-state index in [2.05, 4.69) is 167 Å². The minimum absolute atomic E-state index is 0.0150. The highest BCUT2D eigenvalue weighted by Gasteiger charge is 2.57. The Hall–Kier alpha value is 0.238. The Kier molecular flexibility index (Phi) is 13.6. The molecule has 1 saturated heterocycles. The minimum Gasteiger partial charge on any atom is -0.414 e. The van der Waals surface area contributed by atoms with Crippen LogP contribution in [0, 0.1) is 6.92 Å². The fraction of sp³-hybridized carbons (Fsp3) is 0.838. The van der Waals surface area contributed by atoms with E-state index in [4.69, 9.17) is 22.4 Å². The molecule has 0 amide bonds. The molecule has 0 aliphatic carbocycles. The molecule has 1 aliphatic heterocycles. The SMILES string of the molecule is Cc1ccc(S[C@@H]2O[C@H](CO[Si](C)(C)C(C)(C)C)[C@H](O[Si](C)(C)C(C)(C)C)[C@H](O[Si](C)(C)C(C)(C)C)[C@H]2O[Si](C)(C)C(C)(C)C)cc1. The molecule has 0 N–H and O–H groups in total. The van der Waals surface area contributed by atoms with Crippen LogP contribution in [0.2, 0.25) is 72.5 Å². The third-order valence-electron chi connectivity index (χ3n) is 12.0. The van der Waals surface area contributed by atoms with Gasteiger partial charge in [-0.1, -0.05) is 113 Å². The largest absolute Gasteiger partial charge is 0.414 e. The number of aryl methyl sites for hydroxylation is 1. The van der Waals surface area contributed by atoms with Gasteiger partial charge in [0.15, 0.2) is 33.3 Å². The zero-order valence-electron chi connectivity index (χ0n) is 34.4. The van der Waals surface area contributed by atoms with Crippen LogP contribution in [0.25, 0.3) is 0 Å². The van der Waals surface area contributed by atoms with Crippen molar-refractivity contribution in [2.24, 2.45) is 0 Å². The third kappa shape index (κ3) is 10.9. The van der Waals surface area contributed by atoms with Crippen molar-refractivity contribution in [1.29, 1.82) is 0 Å². The zero-order valence-corrected chi connectivity index (χ0v) is 39.2. The van der Waals surface area contributed by atoms with Gasteiger partial charge in [0.2, 0.25) is 0 Å². The van der Waals surface area contributed by atoms with Crippen LogP contribution in [0.3, 0.4) is 0 Å². The van der Waals surface area contributed by atoms with E-state index >= 15 is 0 Å². The first-order valence-corrected chi connectivity index (χ1v) is 30.3. The first kappa shape index (κ1) is 43.4. The van der Waals surface area contributed by atoms with Gasteiger partial charge in [-0.05, 0) is 91.6 Å². The van der Waals surface area contributed by atoms with Crippen LogP contribution in [0.5, 0.6) is 0 Å². The maximum Gasteiger partial charge on any atom is 0.192 e. The number of hydrogen-bond donors (Lipinski definition) is 0. The van der Waals surface area contributed by atoms with Crippen molar-refractivity contribution in [3.63, 3.8) is 0 Å². The van der Waals surface area contributed by atoms with Gasteiger partial charge in [0.25, 0.3) is 0 Å². The second kappa shape index (κ2) is 14.7. The summed E-state index contributed by atoms with van der Waals surface area (Å²) in [5.41, 5.74) is 0.962. The predicted octanol–water partition coefficient (Wildman–Crippen LogP) is 12.0. The lowest BCUT2D eigenvalue weighted by molar-refractivity contribution is -0.191. The molecule has 5 atom stereocenters. The lowest BCUT2D eigenvalue weighted by Gasteiger charge is -2.55. The van der Waals surface area contributed by atoms with Gasteiger partial charge in [0.1, 0.15) is 29.9 Å². The van der Waals surface area contributed by atoms with Crippen LogP contribution in [0.1, 0.15) is 88.6 Å². The van der Waals surface area contributed by atoms with Crippen LogP contribution in [-0.2, 0) is 22.4 Å². The van der Waals surface area contributed by atoms with Gasteiger partial charge in [-0.3, -0.25) is 0 Å². The van der Waals surface area contributed by atoms with E-state index in [0.717, 1.165) is 0 Å². The number of thioether (sulfide) groups is 1. The Morgan fingerprint density at radius 3 is 1.30 bits per heavy atom. The first-order valence-electron chi connectivity index (χ1n) is 17.8. The lowest BCUT2D eigenvalue weighted by Crippen LogP contribution is -2.67. The predicted molar refractivity (Wildman–Crippen MR) is 215 cm³/mol. The van der Waals surface area contributed by atoms with Crippen LogP contribution in [-0.4, -0.2) is 69.7 Å². The Labute approximate surface area is 299 Å². The summed E-state index contributed by atoms with van der Waals surface area (Å²) in [7, 11) is -8.92. The first-order chi connectivity index (χ1) is 20.7. The highest BCUT2D eigenvalue weighted by atomic mass is 32.2. The van der Waals surface area contributed by atoms with Crippen molar-refractivity contribution in [3.8, 4) is 0 Å². The zero-order chi connectivity index (χ0) is 36.8. The number of ether oxygens (including phenoxy) is 1. The Balaban J connectivity index is 2.86. The normalized spacial score (nSPS) is 24.5. The maximum absolute atomic E-state index is 7.60. The number of benzene rings is 1. The van der Waals surface area contributed by atoms with Gasteiger partial charge in [0.05, 0.1) is 6.61 Å². The number of hydrogen-bond acceptors (Lipinski definition) is 6. The van der Waals surface area contributed by atoms with E-state index < -0.39 is 33.3 Å². The molecule has 2 rings (SSSR count). The van der Waals surface area contributed by atoms with Gasteiger partial charge in [-0.2, -0.15) is 0 Å². The van der Waals surface area contributed by atoms with E-state index in [1.54, 1.807) is 11.8 Å². The van der Waals surface area contributed by atoms with Crippen molar-refractivity contribution in [3.05, 3.63) is 29.8 Å². The number of rotatable bonds is 11. The average molecular weight is 743 g/mol. The van der Waals surface area contributed by atoms with Gasteiger partial charge in [-0.25, -0.2) is 0 Å². The molecular weight excluding hydrogens is 669 g/mol. The lowest BCUT2D eigenvalue weighted by atomic mass is 10.0. The van der Waals surface area contributed by atoms with Crippen molar-refractivity contribution in [2.75, 3.05) is 6.61 Å². The standard InChI is InChI=1S/C37H74O5SSi4/c1-27-22-24-28(25-23-27)43-33-32(42-47(20,21)37(11,12)13)31(41-46(18,19)36(8,9)10)30(40-45(16,17)35(5,6)7)29(39-33)26-38-44(14,15)34(2,3)4/h22-25,29-33H,26H2,1-21H3/t29-,30+,31+,32-,33+/m1/s1. The van der Waals surface area contributed by atoms with Crippen LogP contribution < -0.4 is 0 Å². The molecule has 1 aliphatic rings. The molecule has 1 fully saturated rings. The summed E-state index contributed by atoms with van der Waals surface area (Å²) in [6.07, 6.45) is -1.23. The van der Waals surface area contributed by atoms with Gasteiger partial charge in [-0.15, -0.1) is 0 Å².